The molecule has 0 bridgehead atoms. The number of hydrogen-bond donors (Lipinski definition) is 1. The minimum atomic E-state index is -1.58. The Morgan fingerprint density at radius 1 is 1.36 bits per heavy atom. The van der Waals surface area contributed by atoms with Crippen molar-refractivity contribution in [3.05, 3.63) is 12.2 Å². The predicted molar refractivity (Wildman–Crippen MR) is 31.4 cm³/mol. The second kappa shape index (κ2) is 4.21. The van der Waals surface area contributed by atoms with Crippen LogP contribution in [-0.2, 0) is 14.4 Å². The fraction of sp³-hybridized carbons (Fsp3) is 0.167. The molecule has 0 aliphatic heterocycles. The summed E-state index contributed by atoms with van der Waals surface area (Å²) in [6.07, 6.45) is 1.11. The predicted octanol–water partition coefficient (Wildman–Crippen LogP) is -1.66. The molecule has 0 heterocycles. The number of aliphatic carboxylic acids is 2. The Kier molecular flexibility index (Phi) is 3.58. The first-order chi connectivity index (χ1) is 5.04. The highest BCUT2D eigenvalue weighted by atomic mass is 16.4. The van der Waals surface area contributed by atoms with Gasteiger partial charge in [-0.15, -0.1) is 0 Å². The molecule has 0 aliphatic carbocycles. The number of ketones is 1. The molecule has 0 aliphatic rings. The van der Waals surface area contributed by atoms with E-state index in [1.54, 1.807) is 0 Å². The molecule has 1 N–H and O–H groups in total. The Hall–Kier alpha value is -1.65. The third kappa shape index (κ3) is 4.83. The van der Waals surface area contributed by atoms with Crippen LogP contribution in [0.1, 0.15) is 6.42 Å². The molecule has 5 heteroatoms. The zero-order chi connectivity index (χ0) is 8.85. The van der Waals surface area contributed by atoms with Gasteiger partial charge in [-0.2, -0.15) is 0 Å². The zero-order valence-corrected chi connectivity index (χ0v) is 5.44. The topological polar surface area (TPSA) is 94.5 Å². The van der Waals surface area contributed by atoms with Gasteiger partial charge in [0.1, 0.15) is 0 Å². The van der Waals surface area contributed by atoms with E-state index >= 15 is 0 Å². The van der Waals surface area contributed by atoms with Crippen molar-refractivity contribution in [3.63, 3.8) is 0 Å². The minimum absolute atomic E-state index is 0.427. The summed E-state index contributed by atoms with van der Waals surface area (Å²) in [6, 6.07) is 0. The lowest BCUT2D eigenvalue weighted by molar-refractivity contribution is -0.297. The maximum atomic E-state index is 10.3. The summed E-state index contributed by atoms with van der Waals surface area (Å²) in [7, 11) is 0. The fourth-order valence-corrected chi connectivity index (χ4v) is 0.349. The molecule has 60 valence electrons. The van der Waals surface area contributed by atoms with E-state index in [9.17, 15) is 19.5 Å². The second-order valence-corrected chi connectivity index (χ2v) is 1.65. The summed E-state index contributed by atoms with van der Waals surface area (Å²) >= 11 is 0. The highest BCUT2D eigenvalue weighted by Gasteiger charge is 2.07. The fourth-order valence-electron chi connectivity index (χ4n) is 0.349. The Morgan fingerprint density at radius 2 is 1.91 bits per heavy atom. The van der Waals surface area contributed by atoms with Crippen LogP contribution in [0.25, 0.3) is 0 Å². The van der Waals surface area contributed by atoms with Crippen molar-refractivity contribution >= 4 is 17.7 Å². The van der Waals surface area contributed by atoms with Crippen LogP contribution in [0.5, 0.6) is 0 Å². The SMILES string of the molecule is O=C([O-])C=CCC(=O)C(=O)O. The smallest absolute Gasteiger partial charge is 0.372 e. The highest BCUT2D eigenvalue weighted by molar-refractivity contribution is 6.33. The molecule has 0 rings (SSSR count). The van der Waals surface area contributed by atoms with Crippen molar-refractivity contribution < 1.29 is 24.6 Å². The molecule has 5 nitrogen and oxygen atoms in total. The first-order valence-electron chi connectivity index (χ1n) is 2.67. The molecule has 0 aromatic heterocycles. The standard InChI is InChI=1S/C6H6O5/c7-4(6(10)11)2-1-3-5(8)9/h1,3H,2H2,(H,8,9)(H,10,11)/p-1. The summed E-state index contributed by atoms with van der Waals surface area (Å²) < 4.78 is 0. The van der Waals surface area contributed by atoms with E-state index in [1.807, 2.05) is 0 Å². The van der Waals surface area contributed by atoms with Gasteiger partial charge in [-0.3, -0.25) is 4.79 Å². The third-order valence-electron chi connectivity index (χ3n) is 0.796. The van der Waals surface area contributed by atoms with Gasteiger partial charge in [-0.25, -0.2) is 4.79 Å². The first kappa shape index (κ1) is 9.35. The van der Waals surface area contributed by atoms with Crippen LogP contribution < -0.4 is 5.11 Å². The van der Waals surface area contributed by atoms with Crippen LogP contribution in [0, 0.1) is 0 Å². The van der Waals surface area contributed by atoms with Gasteiger partial charge < -0.3 is 15.0 Å². The number of carbonyl (C=O) groups excluding carboxylic acids is 2. The quantitative estimate of drug-likeness (QED) is 0.389. The van der Waals surface area contributed by atoms with Crippen LogP contribution in [0.15, 0.2) is 12.2 Å². The Morgan fingerprint density at radius 3 is 2.27 bits per heavy atom. The van der Waals surface area contributed by atoms with E-state index in [1.165, 1.54) is 0 Å². The lowest BCUT2D eigenvalue weighted by atomic mass is 10.3. The molecule has 0 amide bonds. The van der Waals surface area contributed by atoms with Gasteiger partial charge in [0, 0.05) is 6.42 Å². The first-order valence-corrected chi connectivity index (χ1v) is 2.67. The summed E-state index contributed by atoms with van der Waals surface area (Å²) in [5.41, 5.74) is 0. The van der Waals surface area contributed by atoms with Crippen molar-refractivity contribution in [2.24, 2.45) is 0 Å². The van der Waals surface area contributed by atoms with Crippen molar-refractivity contribution in [2.75, 3.05) is 0 Å². The van der Waals surface area contributed by atoms with Gasteiger partial charge >= 0.3 is 5.97 Å². The average Bonchev–Trinajstić information content (AvgIpc) is 1.86. The molecule has 0 saturated heterocycles. The van der Waals surface area contributed by atoms with E-state index in [0.717, 1.165) is 6.08 Å². The molecule has 0 aromatic carbocycles. The maximum absolute atomic E-state index is 10.3. The molecule has 11 heavy (non-hydrogen) atoms. The van der Waals surface area contributed by atoms with Gasteiger partial charge in [0.15, 0.2) is 0 Å². The number of carboxylic acid groups (broad SMARTS) is 2. The van der Waals surface area contributed by atoms with E-state index in [4.69, 9.17) is 5.11 Å². The number of Topliss-reactive ketones (excluding diaryl/α,β-unsaturated/α-hetero) is 1. The van der Waals surface area contributed by atoms with Crippen LogP contribution in [0.4, 0.5) is 0 Å². The van der Waals surface area contributed by atoms with Crippen molar-refractivity contribution in [1.82, 2.24) is 0 Å². The molecular formula is C6H5O5-. The lowest BCUT2D eigenvalue weighted by Crippen LogP contribution is -2.19. The largest absolute Gasteiger partial charge is 0.545 e. The molecule has 0 saturated carbocycles. The summed E-state index contributed by atoms with van der Waals surface area (Å²) in [4.78, 5) is 29.8. The monoisotopic (exact) mass is 157 g/mol. The van der Waals surface area contributed by atoms with Crippen LogP contribution in [0.2, 0.25) is 0 Å². The number of carboxylic acids is 2. The summed E-state index contributed by atoms with van der Waals surface area (Å²) in [5, 5.41) is 17.7. The molecular weight excluding hydrogens is 152 g/mol. The van der Waals surface area contributed by atoms with Gasteiger partial charge in [0.05, 0.1) is 5.97 Å². The lowest BCUT2D eigenvalue weighted by Gasteiger charge is -1.89. The van der Waals surface area contributed by atoms with E-state index in [0.29, 0.717) is 6.08 Å². The number of hydrogen-bond acceptors (Lipinski definition) is 4. The minimum Gasteiger partial charge on any atom is -0.545 e. The zero-order valence-electron chi connectivity index (χ0n) is 5.44. The second-order valence-electron chi connectivity index (χ2n) is 1.65. The Balaban J connectivity index is 3.80. The number of carbonyl (C=O) groups is 3. The van der Waals surface area contributed by atoms with E-state index in [2.05, 4.69) is 0 Å². The van der Waals surface area contributed by atoms with Crippen LogP contribution in [0.3, 0.4) is 0 Å². The van der Waals surface area contributed by atoms with Crippen molar-refractivity contribution in [1.29, 1.82) is 0 Å². The Bertz CT molecular complexity index is 215. The molecule has 0 radical (unpaired) electrons. The Labute approximate surface area is 61.9 Å². The normalized spacial score (nSPS) is 9.82. The van der Waals surface area contributed by atoms with E-state index in [-0.39, 0.29) is 0 Å². The maximum Gasteiger partial charge on any atom is 0.372 e. The molecule has 0 aromatic rings. The average molecular weight is 157 g/mol. The third-order valence-corrected chi connectivity index (χ3v) is 0.796. The van der Waals surface area contributed by atoms with Crippen molar-refractivity contribution in [2.45, 2.75) is 6.42 Å². The van der Waals surface area contributed by atoms with Gasteiger partial charge in [-0.1, -0.05) is 6.08 Å². The van der Waals surface area contributed by atoms with Crippen molar-refractivity contribution in [3.8, 4) is 0 Å². The molecule has 0 fully saturated rings. The number of rotatable bonds is 4. The molecule has 0 atom stereocenters. The van der Waals surface area contributed by atoms with E-state index < -0.39 is 24.1 Å². The highest BCUT2D eigenvalue weighted by Crippen LogP contribution is 1.85. The summed E-state index contributed by atoms with van der Waals surface area (Å²) in [5.74, 6) is -4.08. The van der Waals surface area contributed by atoms with Gasteiger partial charge in [-0.05, 0) is 6.08 Å². The van der Waals surface area contributed by atoms with Gasteiger partial charge in [0.25, 0.3) is 0 Å². The summed E-state index contributed by atoms with van der Waals surface area (Å²) in [6.45, 7) is 0. The van der Waals surface area contributed by atoms with Gasteiger partial charge in [0.2, 0.25) is 5.78 Å². The number of allylic oxidation sites excluding steroid dienone is 1. The van der Waals surface area contributed by atoms with Crippen LogP contribution >= 0.6 is 0 Å². The molecule has 0 unspecified atom stereocenters. The van der Waals surface area contributed by atoms with Crippen LogP contribution in [-0.4, -0.2) is 22.8 Å². The molecule has 0 spiro atoms.